The van der Waals surface area contributed by atoms with E-state index in [1.165, 1.54) is 12.8 Å². The summed E-state index contributed by atoms with van der Waals surface area (Å²) in [6, 6.07) is 2.72. The highest BCUT2D eigenvalue weighted by atomic mass is 16.5. The highest BCUT2D eigenvalue weighted by molar-refractivity contribution is 5.50. The van der Waals surface area contributed by atoms with E-state index in [0.717, 1.165) is 37.0 Å². The minimum Gasteiger partial charge on any atom is -0.377 e. The van der Waals surface area contributed by atoms with Crippen LogP contribution in [0.15, 0.2) is 6.07 Å². The van der Waals surface area contributed by atoms with E-state index >= 15 is 0 Å². The van der Waals surface area contributed by atoms with Crippen molar-refractivity contribution < 1.29 is 4.74 Å². The van der Waals surface area contributed by atoms with E-state index in [2.05, 4.69) is 40.1 Å². The molecule has 1 saturated carbocycles. The standard InChI is InChI=1S/C14H24N4O/c1-4-8-18(11-6-7-11)14-9-12(15-5-2)16-13(17-14)10-19-3/h9,11H,4-8,10H2,1-3H3,(H,15,16,17). The van der Waals surface area contributed by atoms with Crippen LogP contribution in [0.5, 0.6) is 0 Å². The Bertz CT molecular complexity index is 382. The monoisotopic (exact) mass is 264 g/mol. The van der Waals surface area contributed by atoms with Gasteiger partial charge in [0, 0.05) is 32.3 Å². The number of rotatable bonds is 8. The molecule has 5 heteroatoms. The lowest BCUT2D eigenvalue weighted by molar-refractivity contribution is 0.178. The molecule has 0 atom stereocenters. The van der Waals surface area contributed by atoms with Crippen molar-refractivity contribution >= 4 is 11.6 Å². The van der Waals surface area contributed by atoms with Crippen LogP contribution >= 0.6 is 0 Å². The van der Waals surface area contributed by atoms with Gasteiger partial charge in [-0.05, 0) is 26.2 Å². The Hall–Kier alpha value is -1.36. The average Bonchev–Trinajstić information content (AvgIpc) is 3.21. The quantitative estimate of drug-likeness (QED) is 0.781. The van der Waals surface area contributed by atoms with Gasteiger partial charge >= 0.3 is 0 Å². The largest absolute Gasteiger partial charge is 0.377 e. The van der Waals surface area contributed by atoms with E-state index in [0.29, 0.717) is 12.6 Å². The fraction of sp³-hybridized carbons (Fsp3) is 0.714. The van der Waals surface area contributed by atoms with Crippen LogP contribution in [-0.2, 0) is 11.3 Å². The van der Waals surface area contributed by atoms with Crippen LogP contribution < -0.4 is 10.2 Å². The molecule has 1 aromatic rings. The van der Waals surface area contributed by atoms with Crippen LogP contribution in [-0.4, -0.2) is 36.2 Å². The molecule has 19 heavy (non-hydrogen) atoms. The Labute approximate surface area is 115 Å². The molecule has 0 spiro atoms. The van der Waals surface area contributed by atoms with Crippen LogP contribution in [0.25, 0.3) is 0 Å². The first-order valence-corrected chi connectivity index (χ1v) is 7.15. The fourth-order valence-electron chi connectivity index (χ4n) is 2.21. The molecule has 1 N–H and O–H groups in total. The van der Waals surface area contributed by atoms with Crippen molar-refractivity contribution in [1.29, 1.82) is 0 Å². The predicted molar refractivity (Wildman–Crippen MR) is 77.6 cm³/mol. The van der Waals surface area contributed by atoms with E-state index in [1.807, 2.05) is 0 Å². The predicted octanol–water partition coefficient (Wildman–Crippen LogP) is 2.43. The summed E-state index contributed by atoms with van der Waals surface area (Å²) in [7, 11) is 1.67. The van der Waals surface area contributed by atoms with Gasteiger partial charge < -0.3 is 15.0 Å². The van der Waals surface area contributed by atoms with Crippen molar-refractivity contribution in [2.24, 2.45) is 0 Å². The summed E-state index contributed by atoms with van der Waals surface area (Å²) >= 11 is 0. The molecule has 0 amide bonds. The van der Waals surface area contributed by atoms with Crippen molar-refractivity contribution in [2.45, 2.75) is 45.8 Å². The lowest BCUT2D eigenvalue weighted by Crippen LogP contribution is -2.28. The molecule has 1 fully saturated rings. The van der Waals surface area contributed by atoms with E-state index < -0.39 is 0 Å². The van der Waals surface area contributed by atoms with Gasteiger partial charge in [0.15, 0.2) is 5.82 Å². The molecule has 106 valence electrons. The van der Waals surface area contributed by atoms with E-state index in [1.54, 1.807) is 7.11 Å². The van der Waals surface area contributed by atoms with E-state index in [4.69, 9.17) is 4.74 Å². The molecule has 1 aliphatic carbocycles. The Morgan fingerprint density at radius 1 is 1.37 bits per heavy atom. The van der Waals surface area contributed by atoms with E-state index in [9.17, 15) is 0 Å². The van der Waals surface area contributed by atoms with Crippen LogP contribution in [0.3, 0.4) is 0 Å². The summed E-state index contributed by atoms with van der Waals surface area (Å²) in [6.07, 6.45) is 3.69. The maximum atomic E-state index is 5.16. The summed E-state index contributed by atoms with van der Waals surface area (Å²) in [4.78, 5) is 11.5. The van der Waals surface area contributed by atoms with Crippen LogP contribution in [0, 0.1) is 0 Å². The maximum Gasteiger partial charge on any atom is 0.158 e. The van der Waals surface area contributed by atoms with Crippen LogP contribution in [0.1, 0.15) is 38.9 Å². The molecular weight excluding hydrogens is 240 g/mol. The van der Waals surface area contributed by atoms with Crippen molar-refractivity contribution in [3.8, 4) is 0 Å². The molecule has 1 aliphatic rings. The lowest BCUT2D eigenvalue weighted by atomic mass is 10.3. The van der Waals surface area contributed by atoms with Gasteiger partial charge in [0.25, 0.3) is 0 Å². The van der Waals surface area contributed by atoms with Gasteiger partial charge in [-0.2, -0.15) is 0 Å². The molecule has 5 nitrogen and oxygen atoms in total. The minimum absolute atomic E-state index is 0.455. The second-order valence-corrected chi connectivity index (χ2v) is 4.92. The van der Waals surface area contributed by atoms with Crippen molar-refractivity contribution in [2.75, 3.05) is 30.4 Å². The number of nitrogens with one attached hydrogen (secondary N) is 1. The van der Waals surface area contributed by atoms with Gasteiger partial charge in [0.05, 0.1) is 0 Å². The zero-order valence-corrected chi connectivity index (χ0v) is 12.1. The number of aromatic nitrogens is 2. The minimum atomic E-state index is 0.455. The van der Waals surface area contributed by atoms with Gasteiger partial charge in [0.1, 0.15) is 18.2 Å². The Kier molecular flexibility index (Phi) is 4.96. The summed E-state index contributed by atoms with van der Waals surface area (Å²) < 4.78 is 5.16. The van der Waals surface area contributed by atoms with Crippen LogP contribution in [0.4, 0.5) is 11.6 Å². The Morgan fingerprint density at radius 2 is 2.16 bits per heavy atom. The molecule has 1 aromatic heterocycles. The second-order valence-electron chi connectivity index (χ2n) is 4.92. The number of methoxy groups -OCH3 is 1. The van der Waals surface area contributed by atoms with Gasteiger partial charge in [-0.25, -0.2) is 9.97 Å². The van der Waals surface area contributed by atoms with Gasteiger partial charge in [-0.1, -0.05) is 6.92 Å². The maximum absolute atomic E-state index is 5.16. The van der Waals surface area contributed by atoms with Gasteiger partial charge in [-0.3, -0.25) is 0 Å². The van der Waals surface area contributed by atoms with Gasteiger partial charge in [0.2, 0.25) is 0 Å². The number of hydrogen-bond donors (Lipinski definition) is 1. The van der Waals surface area contributed by atoms with Crippen molar-refractivity contribution in [3.63, 3.8) is 0 Å². The normalized spacial score (nSPS) is 14.5. The summed E-state index contributed by atoms with van der Waals surface area (Å²) in [5, 5.41) is 3.27. The topological polar surface area (TPSA) is 50.3 Å². The molecule has 0 aromatic carbocycles. The average molecular weight is 264 g/mol. The number of hydrogen-bond acceptors (Lipinski definition) is 5. The van der Waals surface area contributed by atoms with Gasteiger partial charge in [-0.15, -0.1) is 0 Å². The summed E-state index contributed by atoms with van der Waals surface area (Å²) in [5.41, 5.74) is 0. The highest BCUT2D eigenvalue weighted by Crippen LogP contribution is 2.31. The molecule has 0 radical (unpaired) electrons. The SMILES string of the molecule is CCCN(c1cc(NCC)nc(COC)n1)C1CC1. The Balaban J connectivity index is 2.24. The second kappa shape index (κ2) is 6.70. The highest BCUT2D eigenvalue weighted by Gasteiger charge is 2.29. The number of ether oxygens (including phenoxy) is 1. The third-order valence-electron chi connectivity index (χ3n) is 3.14. The molecule has 0 bridgehead atoms. The molecular formula is C14H24N4O. The zero-order chi connectivity index (χ0) is 13.7. The summed E-state index contributed by atoms with van der Waals surface area (Å²) in [6.45, 7) is 6.65. The molecule has 0 saturated heterocycles. The fourth-order valence-corrected chi connectivity index (χ4v) is 2.21. The smallest absolute Gasteiger partial charge is 0.158 e. The lowest BCUT2D eigenvalue weighted by Gasteiger charge is -2.23. The third-order valence-corrected chi connectivity index (χ3v) is 3.14. The number of nitrogens with zero attached hydrogens (tertiary/aromatic N) is 3. The first-order chi connectivity index (χ1) is 9.28. The zero-order valence-electron chi connectivity index (χ0n) is 12.1. The van der Waals surface area contributed by atoms with Crippen molar-refractivity contribution in [1.82, 2.24) is 9.97 Å². The molecule has 0 aliphatic heterocycles. The first kappa shape index (κ1) is 14.1. The molecule has 1 heterocycles. The number of anilines is 2. The van der Waals surface area contributed by atoms with Crippen molar-refractivity contribution in [3.05, 3.63) is 11.9 Å². The van der Waals surface area contributed by atoms with E-state index in [-0.39, 0.29) is 0 Å². The summed E-state index contributed by atoms with van der Waals surface area (Å²) in [5.74, 6) is 2.67. The first-order valence-electron chi connectivity index (χ1n) is 7.15. The molecule has 2 rings (SSSR count). The molecule has 0 unspecified atom stereocenters. The van der Waals surface area contributed by atoms with Crippen LogP contribution in [0.2, 0.25) is 0 Å². The Morgan fingerprint density at radius 3 is 2.74 bits per heavy atom. The third kappa shape index (κ3) is 3.80.